The van der Waals surface area contributed by atoms with Crippen LogP contribution in [0.25, 0.3) is 16.7 Å². The number of nitrogens with zero attached hydrogens (tertiary/aromatic N) is 5. The van der Waals surface area contributed by atoms with E-state index in [1.165, 1.54) is 10.9 Å². The molecule has 0 radical (unpaired) electrons. The van der Waals surface area contributed by atoms with Gasteiger partial charge >= 0.3 is 0 Å². The molecule has 2 N–H and O–H groups in total. The van der Waals surface area contributed by atoms with E-state index in [9.17, 15) is 24.6 Å². The maximum atomic E-state index is 13.6. The Morgan fingerprint density at radius 2 is 1.75 bits per heavy atom. The van der Waals surface area contributed by atoms with Crippen molar-refractivity contribution >= 4 is 22.8 Å². The Kier molecular flexibility index (Phi) is 7.22. The highest BCUT2D eigenvalue weighted by Gasteiger charge is 2.42. The number of aromatic nitrogens is 3. The molecule has 40 heavy (non-hydrogen) atoms. The standard InChI is InChI=1S/C30H37N5O5/c36-18-21-7-9-22(10-8-21)34-15-11-24-27(34)31-20-33(29(24)39)19-30(40)12-16-32(17-13-30)28(38)23-4-1-2-5-25(23)35-14-3-6-26(35)37/h7-11,15,20,23,25,36,40H,1-6,12-14,16-19H2/t23-,25-/m1/s1. The molecule has 2 saturated heterocycles. The molecule has 6 rings (SSSR count). The number of carbonyl (C=O) groups is 2. The van der Waals surface area contributed by atoms with E-state index in [4.69, 9.17) is 0 Å². The minimum absolute atomic E-state index is 0.00615. The first kappa shape index (κ1) is 26.7. The van der Waals surface area contributed by atoms with Crippen LogP contribution in [0.5, 0.6) is 0 Å². The minimum Gasteiger partial charge on any atom is -0.392 e. The van der Waals surface area contributed by atoms with Crippen LogP contribution in [0, 0.1) is 5.92 Å². The molecule has 2 atom stereocenters. The van der Waals surface area contributed by atoms with Crippen molar-refractivity contribution in [3.63, 3.8) is 0 Å². The zero-order valence-electron chi connectivity index (χ0n) is 22.7. The molecule has 1 aromatic carbocycles. The van der Waals surface area contributed by atoms with E-state index in [2.05, 4.69) is 4.98 Å². The van der Waals surface area contributed by atoms with Gasteiger partial charge in [-0.15, -0.1) is 0 Å². The van der Waals surface area contributed by atoms with Gasteiger partial charge in [0, 0.05) is 44.0 Å². The highest BCUT2D eigenvalue weighted by Crippen LogP contribution is 2.34. The van der Waals surface area contributed by atoms with Crippen LogP contribution in [0.15, 0.2) is 47.7 Å². The van der Waals surface area contributed by atoms with E-state index >= 15 is 0 Å². The third-order valence-corrected chi connectivity index (χ3v) is 9.09. The highest BCUT2D eigenvalue weighted by atomic mass is 16.3. The molecule has 3 aliphatic rings. The lowest BCUT2D eigenvalue weighted by Gasteiger charge is -2.43. The average Bonchev–Trinajstić information content (AvgIpc) is 3.61. The van der Waals surface area contributed by atoms with Crippen molar-refractivity contribution in [2.75, 3.05) is 19.6 Å². The summed E-state index contributed by atoms with van der Waals surface area (Å²) in [4.78, 5) is 47.6. The highest BCUT2D eigenvalue weighted by molar-refractivity contribution is 5.83. The summed E-state index contributed by atoms with van der Waals surface area (Å²) in [6, 6.07) is 9.12. The van der Waals surface area contributed by atoms with Crippen molar-refractivity contribution in [1.29, 1.82) is 0 Å². The Bertz CT molecular complexity index is 1450. The predicted octanol–water partition coefficient (Wildman–Crippen LogP) is 2.21. The van der Waals surface area contributed by atoms with E-state index in [-0.39, 0.29) is 42.5 Å². The van der Waals surface area contributed by atoms with Crippen LogP contribution in [0.3, 0.4) is 0 Å². The monoisotopic (exact) mass is 547 g/mol. The number of aliphatic hydroxyl groups excluding tert-OH is 1. The first-order valence-electron chi connectivity index (χ1n) is 14.4. The molecular formula is C30H37N5O5. The van der Waals surface area contributed by atoms with Gasteiger partial charge in [0.1, 0.15) is 6.33 Å². The number of hydrogen-bond donors (Lipinski definition) is 2. The molecular weight excluding hydrogens is 510 g/mol. The normalized spacial score (nSPS) is 23.2. The first-order chi connectivity index (χ1) is 19.4. The number of aliphatic hydroxyl groups is 2. The number of carbonyl (C=O) groups excluding carboxylic acids is 2. The molecule has 3 aromatic rings. The van der Waals surface area contributed by atoms with Gasteiger partial charge in [0.25, 0.3) is 5.56 Å². The lowest BCUT2D eigenvalue weighted by molar-refractivity contribution is -0.145. The summed E-state index contributed by atoms with van der Waals surface area (Å²) >= 11 is 0. The summed E-state index contributed by atoms with van der Waals surface area (Å²) in [5.41, 5.74) is 0.834. The van der Waals surface area contributed by atoms with E-state index in [1.54, 1.807) is 12.3 Å². The number of hydrogen-bond acceptors (Lipinski definition) is 6. The molecule has 3 fully saturated rings. The van der Waals surface area contributed by atoms with Gasteiger partial charge in [0.15, 0.2) is 5.65 Å². The van der Waals surface area contributed by atoms with E-state index < -0.39 is 5.60 Å². The Morgan fingerprint density at radius 3 is 2.45 bits per heavy atom. The molecule has 1 saturated carbocycles. The minimum atomic E-state index is -1.12. The molecule has 10 nitrogen and oxygen atoms in total. The largest absolute Gasteiger partial charge is 0.392 e. The molecule has 0 bridgehead atoms. The van der Waals surface area contributed by atoms with Gasteiger partial charge in [0.2, 0.25) is 11.8 Å². The Labute approximate surface area is 232 Å². The second-order valence-corrected chi connectivity index (χ2v) is 11.6. The number of rotatable bonds is 6. The third-order valence-electron chi connectivity index (χ3n) is 9.09. The molecule has 0 unspecified atom stereocenters. The topological polar surface area (TPSA) is 121 Å². The molecule has 10 heteroatoms. The second-order valence-electron chi connectivity index (χ2n) is 11.6. The number of fused-ring (bicyclic) bond motifs is 1. The van der Waals surface area contributed by atoms with Crippen molar-refractivity contribution in [3.05, 3.63) is 58.8 Å². The number of benzene rings is 1. The van der Waals surface area contributed by atoms with Gasteiger partial charge in [-0.1, -0.05) is 25.0 Å². The number of likely N-dealkylation sites (tertiary alicyclic amines) is 2. The van der Waals surface area contributed by atoms with E-state index in [0.29, 0.717) is 43.4 Å². The predicted molar refractivity (Wildman–Crippen MR) is 149 cm³/mol. The summed E-state index contributed by atoms with van der Waals surface area (Å²) in [5.74, 6) is 0.101. The van der Waals surface area contributed by atoms with Gasteiger partial charge in [-0.25, -0.2) is 4.98 Å². The first-order valence-corrected chi connectivity index (χ1v) is 14.4. The smallest absolute Gasteiger partial charge is 0.262 e. The summed E-state index contributed by atoms with van der Waals surface area (Å²) in [6.45, 7) is 1.68. The van der Waals surface area contributed by atoms with Crippen LogP contribution in [-0.4, -0.2) is 77.2 Å². The Hall–Kier alpha value is -3.50. The Balaban J connectivity index is 1.13. The van der Waals surface area contributed by atoms with Crippen molar-refractivity contribution in [1.82, 2.24) is 23.9 Å². The van der Waals surface area contributed by atoms with Crippen LogP contribution in [0.1, 0.15) is 56.9 Å². The maximum Gasteiger partial charge on any atom is 0.262 e. The quantitative estimate of drug-likeness (QED) is 0.488. The molecule has 0 spiro atoms. The van der Waals surface area contributed by atoms with Crippen LogP contribution in [0.4, 0.5) is 0 Å². The molecule has 2 aromatic heterocycles. The average molecular weight is 548 g/mol. The lowest BCUT2D eigenvalue weighted by atomic mass is 9.81. The molecule has 2 aliphatic heterocycles. The zero-order valence-corrected chi connectivity index (χ0v) is 22.7. The Morgan fingerprint density at radius 1 is 1.00 bits per heavy atom. The molecule has 212 valence electrons. The van der Waals surface area contributed by atoms with Crippen LogP contribution in [-0.2, 0) is 22.7 Å². The summed E-state index contributed by atoms with van der Waals surface area (Å²) in [6.07, 6.45) is 9.22. The summed E-state index contributed by atoms with van der Waals surface area (Å²) < 4.78 is 3.30. The molecule has 2 amide bonds. The second kappa shape index (κ2) is 10.8. The van der Waals surface area contributed by atoms with Gasteiger partial charge in [0.05, 0.1) is 30.1 Å². The van der Waals surface area contributed by atoms with E-state index in [0.717, 1.165) is 49.9 Å². The fourth-order valence-corrected chi connectivity index (χ4v) is 6.78. The van der Waals surface area contributed by atoms with Gasteiger partial charge in [-0.2, -0.15) is 0 Å². The van der Waals surface area contributed by atoms with Crippen molar-refractivity contribution in [2.45, 2.75) is 76.2 Å². The summed E-state index contributed by atoms with van der Waals surface area (Å²) in [7, 11) is 0. The van der Waals surface area contributed by atoms with Crippen LogP contribution < -0.4 is 5.56 Å². The maximum absolute atomic E-state index is 13.6. The third kappa shape index (κ3) is 4.94. The van der Waals surface area contributed by atoms with Gasteiger partial charge < -0.3 is 24.6 Å². The van der Waals surface area contributed by atoms with Crippen molar-refractivity contribution in [3.8, 4) is 5.69 Å². The number of amides is 2. The molecule has 1 aliphatic carbocycles. The molecule has 4 heterocycles. The van der Waals surface area contributed by atoms with Crippen LogP contribution in [0.2, 0.25) is 0 Å². The SMILES string of the molecule is O=C([C@@H]1CCCC[C@H]1N1CCCC1=O)N1CCC(O)(Cn2cnc3c(ccn3-c3ccc(CO)cc3)c2=O)CC1. The van der Waals surface area contributed by atoms with Gasteiger partial charge in [-0.05, 0) is 55.9 Å². The zero-order chi connectivity index (χ0) is 27.9. The van der Waals surface area contributed by atoms with Gasteiger partial charge in [-0.3, -0.25) is 19.0 Å². The lowest BCUT2D eigenvalue weighted by Crippen LogP contribution is -2.54. The van der Waals surface area contributed by atoms with E-state index in [1.807, 2.05) is 38.6 Å². The van der Waals surface area contributed by atoms with Crippen molar-refractivity contribution in [2.24, 2.45) is 5.92 Å². The fourth-order valence-electron chi connectivity index (χ4n) is 6.78. The summed E-state index contributed by atoms with van der Waals surface area (Å²) in [5, 5.41) is 21.2. The number of piperidine rings is 1. The van der Waals surface area contributed by atoms with Crippen LogP contribution >= 0.6 is 0 Å². The fraction of sp³-hybridized carbons (Fsp3) is 0.533. The van der Waals surface area contributed by atoms with Crippen molar-refractivity contribution < 1.29 is 19.8 Å².